The smallest absolute Gasteiger partial charge is 0.250 e. The molecule has 0 bridgehead atoms. The lowest BCUT2D eigenvalue weighted by atomic mass is 10.1. The number of pyridine rings is 1. The van der Waals surface area contributed by atoms with Crippen molar-refractivity contribution in [2.45, 2.75) is 31.8 Å². The van der Waals surface area contributed by atoms with Crippen LogP contribution in [0.1, 0.15) is 29.3 Å². The van der Waals surface area contributed by atoms with Gasteiger partial charge >= 0.3 is 0 Å². The Morgan fingerprint density at radius 1 is 1.14 bits per heavy atom. The molecule has 2 N–H and O–H groups in total. The third-order valence-corrected chi connectivity index (χ3v) is 4.00. The highest BCUT2D eigenvalue weighted by Gasteiger charge is 2.18. The van der Waals surface area contributed by atoms with Crippen LogP contribution in [0.15, 0.2) is 35.1 Å². The first-order valence-electron chi connectivity index (χ1n) is 6.98. The number of halogens is 2. The van der Waals surface area contributed by atoms with Gasteiger partial charge in [-0.15, -0.1) is 0 Å². The topological polar surface area (TPSA) is 48.0 Å². The highest BCUT2D eigenvalue weighted by atomic mass is 19.2. The van der Waals surface area contributed by atoms with Crippen LogP contribution in [0.2, 0.25) is 0 Å². The van der Waals surface area contributed by atoms with E-state index < -0.39 is 17.7 Å². The Kier molecular flexibility index (Phi) is 3.59. The van der Waals surface area contributed by atoms with Gasteiger partial charge in [0.2, 0.25) is 0 Å². The molecule has 0 fully saturated rings. The number of rotatable bonds is 3. The fourth-order valence-corrected chi connectivity index (χ4v) is 2.88. The monoisotopic (exact) mass is 290 g/mol. The van der Waals surface area contributed by atoms with Crippen molar-refractivity contribution in [3.8, 4) is 0 Å². The van der Waals surface area contributed by atoms with Crippen LogP contribution < -0.4 is 11.3 Å². The number of aromatic nitrogens is 1. The van der Waals surface area contributed by atoms with Crippen LogP contribution >= 0.6 is 0 Å². The number of nitrogens with two attached hydrogens (primary N) is 1. The molecule has 0 spiro atoms. The van der Waals surface area contributed by atoms with Crippen LogP contribution in [0.3, 0.4) is 0 Å². The van der Waals surface area contributed by atoms with E-state index in [1.807, 2.05) is 6.07 Å². The maximum Gasteiger partial charge on any atom is 0.250 e. The van der Waals surface area contributed by atoms with Crippen LogP contribution in [0.5, 0.6) is 0 Å². The Balaban J connectivity index is 1.91. The van der Waals surface area contributed by atoms with E-state index >= 15 is 0 Å². The van der Waals surface area contributed by atoms with Crippen LogP contribution in [0.4, 0.5) is 8.78 Å². The van der Waals surface area contributed by atoms with Crippen molar-refractivity contribution in [2.75, 3.05) is 0 Å². The average molecular weight is 290 g/mol. The average Bonchev–Trinajstić information content (AvgIpc) is 2.93. The number of hydrogen-bond acceptors (Lipinski definition) is 2. The molecular formula is C16H16F2N2O. The fraction of sp³-hybridized carbons (Fsp3) is 0.312. The number of benzene rings is 1. The Morgan fingerprint density at radius 3 is 2.71 bits per heavy atom. The molecule has 1 heterocycles. The van der Waals surface area contributed by atoms with Crippen molar-refractivity contribution in [1.82, 2.24) is 4.57 Å². The lowest BCUT2D eigenvalue weighted by molar-refractivity contribution is 0.498. The lowest BCUT2D eigenvalue weighted by Crippen LogP contribution is -2.28. The summed E-state index contributed by atoms with van der Waals surface area (Å²) in [5.41, 5.74) is 8.63. The molecule has 1 aromatic heterocycles. The first-order chi connectivity index (χ1) is 10.1. The minimum atomic E-state index is -0.923. The maximum atomic E-state index is 13.3. The third kappa shape index (κ3) is 2.61. The molecule has 0 aliphatic heterocycles. The lowest BCUT2D eigenvalue weighted by Gasteiger charge is -2.17. The highest BCUT2D eigenvalue weighted by Crippen LogP contribution is 2.22. The second kappa shape index (κ2) is 5.41. The van der Waals surface area contributed by atoms with E-state index in [-0.39, 0.29) is 12.1 Å². The SMILES string of the molecule is NC(Cn1c2c(ccc1=O)CCC2)c1ccc(F)c(F)c1. The number of hydrogen-bond donors (Lipinski definition) is 1. The van der Waals surface area contributed by atoms with Gasteiger partial charge in [0.15, 0.2) is 11.6 Å². The molecule has 110 valence electrons. The summed E-state index contributed by atoms with van der Waals surface area (Å²) in [6, 6.07) is 6.46. The summed E-state index contributed by atoms with van der Waals surface area (Å²) in [7, 11) is 0. The third-order valence-electron chi connectivity index (χ3n) is 4.00. The van der Waals surface area contributed by atoms with Crippen molar-refractivity contribution in [3.63, 3.8) is 0 Å². The fourth-order valence-electron chi connectivity index (χ4n) is 2.88. The molecule has 1 aliphatic carbocycles. The van der Waals surface area contributed by atoms with Gasteiger partial charge < -0.3 is 10.3 Å². The molecule has 0 saturated heterocycles. The van der Waals surface area contributed by atoms with Gasteiger partial charge in [-0.05, 0) is 42.5 Å². The second-order valence-electron chi connectivity index (χ2n) is 5.39. The molecule has 0 amide bonds. The van der Waals surface area contributed by atoms with Crippen molar-refractivity contribution in [2.24, 2.45) is 5.73 Å². The Labute approximate surface area is 121 Å². The molecule has 3 nitrogen and oxygen atoms in total. The van der Waals surface area contributed by atoms with Crippen LogP contribution in [-0.4, -0.2) is 4.57 Å². The normalized spacial score (nSPS) is 15.0. The highest BCUT2D eigenvalue weighted by molar-refractivity contribution is 5.27. The van der Waals surface area contributed by atoms with Gasteiger partial charge in [-0.25, -0.2) is 8.78 Å². The van der Waals surface area contributed by atoms with E-state index in [1.54, 1.807) is 10.6 Å². The number of fused-ring (bicyclic) bond motifs is 1. The van der Waals surface area contributed by atoms with Crippen molar-refractivity contribution < 1.29 is 8.78 Å². The number of nitrogens with zero attached hydrogens (tertiary/aromatic N) is 1. The summed E-state index contributed by atoms with van der Waals surface area (Å²) in [4.78, 5) is 12.0. The molecule has 1 aliphatic rings. The summed E-state index contributed by atoms with van der Waals surface area (Å²) >= 11 is 0. The summed E-state index contributed by atoms with van der Waals surface area (Å²) in [5.74, 6) is -1.82. The quantitative estimate of drug-likeness (QED) is 0.943. The summed E-state index contributed by atoms with van der Waals surface area (Å²) in [5, 5.41) is 0. The van der Waals surface area contributed by atoms with E-state index in [1.165, 1.54) is 11.6 Å². The molecule has 1 unspecified atom stereocenters. The minimum Gasteiger partial charge on any atom is -0.322 e. The molecule has 1 aromatic carbocycles. The van der Waals surface area contributed by atoms with Crippen molar-refractivity contribution in [1.29, 1.82) is 0 Å². The second-order valence-corrected chi connectivity index (χ2v) is 5.39. The molecule has 5 heteroatoms. The van der Waals surface area contributed by atoms with E-state index in [0.717, 1.165) is 37.1 Å². The standard InChI is InChI=1S/C16H16F2N2O/c17-12-6-4-11(8-13(12)18)14(19)9-20-15-3-1-2-10(15)5-7-16(20)21/h4-8,14H,1-3,9,19H2. The van der Waals surface area contributed by atoms with E-state index in [4.69, 9.17) is 5.73 Å². The first-order valence-corrected chi connectivity index (χ1v) is 6.98. The summed E-state index contributed by atoms with van der Waals surface area (Å²) in [6.45, 7) is 0.271. The molecule has 0 radical (unpaired) electrons. The maximum absolute atomic E-state index is 13.3. The van der Waals surface area contributed by atoms with Gasteiger partial charge in [0, 0.05) is 24.3 Å². The van der Waals surface area contributed by atoms with Gasteiger partial charge in [-0.3, -0.25) is 4.79 Å². The molecular weight excluding hydrogens is 274 g/mol. The number of aryl methyl sites for hydroxylation is 1. The Morgan fingerprint density at radius 2 is 1.95 bits per heavy atom. The predicted octanol–water partition coefficient (Wildman–Crippen LogP) is 2.32. The zero-order chi connectivity index (χ0) is 15.0. The summed E-state index contributed by atoms with van der Waals surface area (Å²) in [6.07, 6.45) is 2.85. The van der Waals surface area contributed by atoms with Gasteiger partial charge in [-0.1, -0.05) is 12.1 Å². The molecule has 1 atom stereocenters. The van der Waals surface area contributed by atoms with E-state index in [0.29, 0.717) is 5.56 Å². The van der Waals surface area contributed by atoms with Crippen LogP contribution in [0, 0.1) is 11.6 Å². The van der Waals surface area contributed by atoms with Crippen molar-refractivity contribution >= 4 is 0 Å². The molecule has 21 heavy (non-hydrogen) atoms. The van der Waals surface area contributed by atoms with Gasteiger partial charge in [0.1, 0.15) is 0 Å². The first kappa shape index (κ1) is 13.9. The Hall–Kier alpha value is -2.01. The van der Waals surface area contributed by atoms with Crippen molar-refractivity contribution in [3.05, 3.63) is 69.1 Å². The van der Waals surface area contributed by atoms with E-state index in [2.05, 4.69) is 0 Å². The van der Waals surface area contributed by atoms with Crippen LogP contribution in [-0.2, 0) is 19.4 Å². The van der Waals surface area contributed by atoms with Gasteiger partial charge in [0.25, 0.3) is 5.56 Å². The van der Waals surface area contributed by atoms with Gasteiger partial charge in [-0.2, -0.15) is 0 Å². The van der Waals surface area contributed by atoms with E-state index in [9.17, 15) is 13.6 Å². The summed E-state index contributed by atoms with van der Waals surface area (Å²) < 4.78 is 27.9. The minimum absolute atomic E-state index is 0.103. The molecule has 2 aromatic rings. The molecule has 0 saturated carbocycles. The largest absolute Gasteiger partial charge is 0.322 e. The Bertz CT molecular complexity index is 740. The zero-order valence-electron chi connectivity index (χ0n) is 11.5. The van der Waals surface area contributed by atoms with Crippen LogP contribution in [0.25, 0.3) is 0 Å². The van der Waals surface area contributed by atoms with Gasteiger partial charge in [0.05, 0.1) is 0 Å². The molecule has 3 rings (SSSR count). The predicted molar refractivity (Wildman–Crippen MR) is 76.0 cm³/mol. The zero-order valence-corrected chi connectivity index (χ0v) is 11.5.